The molecule has 1 aliphatic rings. The summed E-state index contributed by atoms with van der Waals surface area (Å²) in [5.41, 5.74) is 1.45. The van der Waals surface area contributed by atoms with E-state index in [9.17, 15) is 9.59 Å². The number of rotatable bonds is 1. The van der Waals surface area contributed by atoms with Crippen LogP contribution in [0.4, 0.5) is 0 Å². The molecule has 0 radical (unpaired) electrons. The number of hydrogen-bond acceptors (Lipinski definition) is 3. The van der Waals surface area contributed by atoms with Gasteiger partial charge in [-0.1, -0.05) is 6.07 Å². The summed E-state index contributed by atoms with van der Waals surface area (Å²) in [7, 11) is 0. The summed E-state index contributed by atoms with van der Waals surface area (Å²) < 4.78 is 0. The SMILES string of the molecule is O=C1CN(C(=O)c2ccc3ncccc3c2)CCN1. The van der Waals surface area contributed by atoms with Crippen molar-refractivity contribution in [1.82, 2.24) is 15.2 Å². The van der Waals surface area contributed by atoms with Crippen LogP contribution in [0.25, 0.3) is 10.9 Å². The molecule has 1 aromatic carbocycles. The third kappa shape index (κ3) is 2.27. The number of piperazine rings is 1. The van der Waals surface area contributed by atoms with E-state index in [2.05, 4.69) is 10.3 Å². The minimum Gasteiger partial charge on any atom is -0.353 e. The van der Waals surface area contributed by atoms with Crippen LogP contribution in [0.3, 0.4) is 0 Å². The van der Waals surface area contributed by atoms with Crippen molar-refractivity contribution in [2.24, 2.45) is 0 Å². The van der Waals surface area contributed by atoms with Crippen LogP contribution in [0.5, 0.6) is 0 Å². The molecule has 0 saturated carbocycles. The fourth-order valence-electron chi connectivity index (χ4n) is 2.20. The molecule has 1 N–H and O–H groups in total. The summed E-state index contributed by atoms with van der Waals surface area (Å²) in [4.78, 5) is 29.4. The van der Waals surface area contributed by atoms with E-state index in [-0.39, 0.29) is 18.4 Å². The van der Waals surface area contributed by atoms with Crippen molar-refractivity contribution in [3.05, 3.63) is 42.1 Å². The Labute approximate surface area is 110 Å². The second kappa shape index (κ2) is 4.68. The standard InChI is InChI=1S/C14H13N3O2/c18-13-9-17(7-6-16-13)14(19)11-3-4-12-10(8-11)2-1-5-15-12/h1-5,8H,6-7,9H2,(H,16,18). The minimum absolute atomic E-state index is 0.109. The molecule has 2 heterocycles. The summed E-state index contributed by atoms with van der Waals surface area (Å²) >= 11 is 0. The van der Waals surface area contributed by atoms with E-state index in [1.54, 1.807) is 17.2 Å². The van der Waals surface area contributed by atoms with Crippen molar-refractivity contribution in [3.8, 4) is 0 Å². The lowest BCUT2D eigenvalue weighted by Crippen LogP contribution is -2.49. The van der Waals surface area contributed by atoms with E-state index in [1.165, 1.54) is 0 Å². The number of carbonyl (C=O) groups is 2. The minimum atomic E-state index is -0.111. The largest absolute Gasteiger partial charge is 0.353 e. The Morgan fingerprint density at radius 3 is 3.05 bits per heavy atom. The van der Waals surface area contributed by atoms with Crippen molar-refractivity contribution in [1.29, 1.82) is 0 Å². The molecule has 5 nitrogen and oxygen atoms in total. The molecule has 0 spiro atoms. The van der Waals surface area contributed by atoms with Gasteiger partial charge in [0.2, 0.25) is 5.91 Å². The number of nitrogens with zero attached hydrogens (tertiary/aromatic N) is 2. The first-order valence-electron chi connectivity index (χ1n) is 6.15. The molecule has 2 aromatic rings. The predicted octanol–water partition coefficient (Wildman–Crippen LogP) is 0.807. The average molecular weight is 255 g/mol. The topological polar surface area (TPSA) is 62.3 Å². The predicted molar refractivity (Wildman–Crippen MR) is 70.7 cm³/mol. The highest BCUT2D eigenvalue weighted by Crippen LogP contribution is 2.15. The second-order valence-electron chi connectivity index (χ2n) is 4.49. The number of pyridine rings is 1. The number of nitrogens with one attached hydrogen (secondary N) is 1. The van der Waals surface area contributed by atoms with Crippen molar-refractivity contribution >= 4 is 22.7 Å². The van der Waals surface area contributed by atoms with Gasteiger partial charge in [0.1, 0.15) is 0 Å². The van der Waals surface area contributed by atoms with Crippen LogP contribution >= 0.6 is 0 Å². The molecule has 19 heavy (non-hydrogen) atoms. The van der Waals surface area contributed by atoms with Crippen LogP contribution < -0.4 is 5.32 Å². The fraction of sp³-hybridized carbons (Fsp3) is 0.214. The summed E-state index contributed by atoms with van der Waals surface area (Å²) in [5.74, 6) is -0.220. The van der Waals surface area contributed by atoms with E-state index < -0.39 is 0 Å². The van der Waals surface area contributed by atoms with E-state index in [1.807, 2.05) is 24.3 Å². The molecule has 1 aliphatic heterocycles. The van der Waals surface area contributed by atoms with Gasteiger partial charge in [-0.2, -0.15) is 0 Å². The van der Waals surface area contributed by atoms with E-state index in [0.29, 0.717) is 18.7 Å². The summed E-state index contributed by atoms with van der Waals surface area (Å²) in [6.07, 6.45) is 1.72. The van der Waals surface area contributed by atoms with Gasteiger partial charge in [-0.05, 0) is 24.3 Å². The molecule has 1 aromatic heterocycles. The number of aromatic nitrogens is 1. The summed E-state index contributed by atoms with van der Waals surface area (Å²) in [5, 5.41) is 3.63. The van der Waals surface area contributed by atoms with Crippen LogP contribution in [0.1, 0.15) is 10.4 Å². The molecule has 3 rings (SSSR count). The Balaban J connectivity index is 1.90. The zero-order valence-electron chi connectivity index (χ0n) is 10.3. The molecule has 1 fully saturated rings. The maximum Gasteiger partial charge on any atom is 0.254 e. The Bertz CT molecular complexity index is 654. The van der Waals surface area contributed by atoms with Gasteiger partial charge in [-0.3, -0.25) is 14.6 Å². The Hall–Kier alpha value is -2.43. The lowest BCUT2D eigenvalue weighted by atomic mass is 10.1. The number of carbonyl (C=O) groups excluding carboxylic acids is 2. The van der Waals surface area contributed by atoms with E-state index in [0.717, 1.165) is 10.9 Å². The van der Waals surface area contributed by atoms with Gasteiger partial charge in [-0.15, -0.1) is 0 Å². The van der Waals surface area contributed by atoms with E-state index in [4.69, 9.17) is 0 Å². The Morgan fingerprint density at radius 2 is 2.21 bits per heavy atom. The maximum atomic E-state index is 12.3. The lowest BCUT2D eigenvalue weighted by molar-refractivity contribution is -0.123. The first kappa shape index (κ1) is 11.6. The normalized spacial score (nSPS) is 15.4. The third-order valence-corrected chi connectivity index (χ3v) is 3.18. The third-order valence-electron chi connectivity index (χ3n) is 3.18. The van der Waals surface area contributed by atoms with Gasteiger partial charge >= 0.3 is 0 Å². The van der Waals surface area contributed by atoms with Gasteiger partial charge in [0.15, 0.2) is 0 Å². The molecule has 0 atom stereocenters. The molecule has 5 heteroatoms. The number of fused-ring (bicyclic) bond motifs is 1. The zero-order chi connectivity index (χ0) is 13.2. The molecule has 0 unspecified atom stereocenters. The van der Waals surface area contributed by atoms with Crippen molar-refractivity contribution in [3.63, 3.8) is 0 Å². The van der Waals surface area contributed by atoms with Crippen molar-refractivity contribution in [2.75, 3.05) is 19.6 Å². The average Bonchev–Trinajstić information content (AvgIpc) is 2.46. The van der Waals surface area contributed by atoms with Crippen LogP contribution in [0.2, 0.25) is 0 Å². The molecular weight excluding hydrogens is 242 g/mol. The lowest BCUT2D eigenvalue weighted by Gasteiger charge is -2.26. The molecule has 96 valence electrons. The fourth-order valence-corrected chi connectivity index (χ4v) is 2.20. The van der Waals surface area contributed by atoms with Gasteiger partial charge < -0.3 is 10.2 Å². The highest BCUT2D eigenvalue weighted by Gasteiger charge is 2.22. The quantitative estimate of drug-likeness (QED) is 0.820. The number of hydrogen-bond donors (Lipinski definition) is 1. The van der Waals surface area contributed by atoms with Gasteiger partial charge in [0.25, 0.3) is 5.91 Å². The highest BCUT2D eigenvalue weighted by atomic mass is 16.2. The van der Waals surface area contributed by atoms with Crippen molar-refractivity contribution < 1.29 is 9.59 Å². The number of amides is 2. The van der Waals surface area contributed by atoms with Gasteiger partial charge in [-0.25, -0.2) is 0 Å². The number of benzene rings is 1. The Morgan fingerprint density at radius 1 is 1.32 bits per heavy atom. The first-order chi connectivity index (χ1) is 9.24. The van der Waals surface area contributed by atoms with Crippen LogP contribution in [-0.2, 0) is 4.79 Å². The first-order valence-corrected chi connectivity index (χ1v) is 6.15. The van der Waals surface area contributed by atoms with Crippen LogP contribution in [0, 0.1) is 0 Å². The Kier molecular flexibility index (Phi) is 2.87. The molecule has 0 aliphatic carbocycles. The summed E-state index contributed by atoms with van der Waals surface area (Å²) in [6, 6.07) is 9.15. The van der Waals surface area contributed by atoms with Crippen molar-refractivity contribution in [2.45, 2.75) is 0 Å². The van der Waals surface area contributed by atoms with E-state index >= 15 is 0 Å². The van der Waals surface area contributed by atoms with Crippen LogP contribution in [-0.4, -0.2) is 41.3 Å². The molecular formula is C14H13N3O2. The smallest absolute Gasteiger partial charge is 0.254 e. The van der Waals surface area contributed by atoms with Crippen LogP contribution in [0.15, 0.2) is 36.5 Å². The summed E-state index contributed by atoms with van der Waals surface area (Å²) in [6.45, 7) is 1.19. The van der Waals surface area contributed by atoms with Gasteiger partial charge in [0.05, 0.1) is 12.1 Å². The second-order valence-corrected chi connectivity index (χ2v) is 4.49. The highest BCUT2D eigenvalue weighted by molar-refractivity contribution is 5.99. The molecule has 1 saturated heterocycles. The molecule has 0 bridgehead atoms. The maximum absolute atomic E-state index is 12.3. The molecule has 2 amide bonds. The van der Waals surface area contributed by atoms with Gasteiger partial charge in [0, 0.05) is 30.2 Å². The monoisotopic (exact) mass is 255 g/mol. The zero-order valence-corrected chi connectivity index (χ0v) is 10.3.